The highest BCUT2D eigenvalue weighted by Gasteiger charge is 2.17. The van der Waals surface area contributed by atoms with Crippen LogP contribution in [0.15, 0.2) is 64.5 Å². The molecule has 134 valence electrons. The third-order valence-electron chi connectivity index (χ3n) is 3.70. The topological polar surface area (TPSA) is 41.1 Å². The Morgan fingerprint density at radius 1 is 1.12 bits per heavy atom. The minimum absolute atomic E-state index is 0.0184. The van der Waals surface area contributed by atoms with Crippen LogP contribution in [0.4, 0.5) is 14.5 Å². The third kappa shape index (κ3) is 4.75. The van der Waals surface area contributed by atoms with Crippen LogP contribution in [0.1, 0.15) is 16.5 Å². The second-order valence-electron chi connectivity index (χ2n) is 5.55. The van der Waals surface area contributed by atoms with Crippen molar-refractivity contribution in [1.82, 2.24) is 5.32 Å². The van der Waals surface area contributed by atoms with Crippen LogP contribution < -0.4 is 10.6 Å². The molecular weight excluding hydrogens is 422 g/mol. The van der Waals surface area contributed by atoms with Gasteiger partial charge in [-0.15, -0.1) is 11.3 Å². The smallest absolute Gasteiger partial charge is 0.238 e. The van der Waals surface area contributed by atoms with Crippen LogP contribution in [-0.4, -0.2) is 12.5 Å². The number of rotatable bonds is 6. The molecule has 0 fully saturated rings. The van der Waals surface area contributed by atoms with Gasteiger partial charge in [-0.05, 0) is 47.3 Å². The molecule has 2 aromatic carbocycles. The van der Waals surface area contributed by atoms with Crippen LogP contribution in [0.25, 0.3) is 0 Å². The highest BCUT2D eigenvalue weighted by molar-refractivity contribution is 9.10. The summed E-state index contributed by atoms with van der Waals surface area (Å²) in [6, 6.07) is 14.2. The third-order valence-corrected chi connectivity index (χ3v) is 5.13. The molecule has 0 spiro atoms. The standard InChI is InChI=1S/C19H15BrF2N2OS/c20-13-5-8-16(15(22)10-13)24-18(25)11-23-19(17-2-1-9-26-17)12-3-6-14(21)7-4-12/h1-10,19,23H,11H2,(H,24,25)/t19-/m0/s1. The minimum Gasteiger partial charge on any atom is -0.322 e. The summed E-state index contributed by atoms with van der Waals surface area (Å²) in [6.07, 6.45) is 0. The molecule has 7 heteroatoms. The van der Waals surface area contributed by atoms with Gasteiger partial charge in [-0.25, -0.2) is 8.78 Å². The summed E-state index contributed by atoms with van der Waals surface area (Å²) in [4.78, 5) is 13.2. The van der Waals surface area contributed by atoms with Gasteiger partial charge in [0.05, 0.1) is 18.3 Å². The van der Waals surface area contributed by atoms with E-state index in [9.17, 15) is 13.6 Å². The molecule has 1 aromatic heterocycles. The van der Waals surface area contributed by atoms with E-state index in [0.29, 0.717) is 4.47 Å². The second-order valence-corrected chi connectivity index (χ2v) is 7.45. The van der Waals surface area contributed by atoms with Crippen molar-refractivity contribution >= 4 is 38.9 Å². The van der Waals surface area contributed by atoms with E-state index < -0.39 is 5.82 Å². The molecular formula is C19H15BrF2N2OS. The summed E-state index contributed by atoms with van der Waals surface area (Å²) >= 11 is 4.71. The largest absolute Gasteiger partial charge is 0.322 e. The Morgan fingerprint density at radius 2 is 1.88 bits per heavy atom. The first-order valence-corrected chi connectivity index (χ1v) is 9.47. The summed E-state index contributed by atoms with van der Waals surface area (Å²) in [6.45, 7) is -0.0184. The Bertz CT molecular complexity index is 885. The number of carbonyl (C=O) groups excluding carboxylic acids is 1. The van der Waals surface area contributed by atoms with Crippen LogP contribution in [-0.2, 0) is 4.79 Å². The molecule has 0 saturated carbocycles. The quantitative estimate of drug-likeness (QED) is 0.563. The summed E-state index contributed by atoms with van der Waals surface area (Å²) in [5.41, 5.74) is 0.964. The number of hydrogen-bond acceptors (Lipinski definition) is 3. The van der Waals surface area contributed by atoms with E-state index in [2.05, 4.69) is 26.6 Å². The molecule has 0 aliphatic carbocycles. The lowest BCUT2D eigenvalue weighted by molar-refractivity contribution is -0.115. The van der Waals surface area contributed by atoms with Crippen molar-refractivity contribution in [2.75, 3.05) is 11.9 Å². The van der Waals surface area contributed by atoms with Gasteiger partial charge in [0.2, 0.25) is 5.91 Å². The number of thiophene rings is 1. The van der Waals surface area contributed by atoms with Crippen molar-refractivity contribution in [3.05, 3.63) is 86.5 Å². The van der Waals surface area contributed by atoms with Gasteiger partial charge >= 0.3 is 0 Å². The average Bonchev–Trinajstić information content (AvgIpc) is 3.13. The molecule has 3 rings (SSSR count). The van der Waals surface area contributed by atoms with Crippen LogP contribution in [0.5, 0.6) is 0 Å². The number of nitrogens with one attached hydrogen (secondary N) is 2. The molecule has 0 aliphatic rings. The van der Waals surface area contributed by atoms with Gasteiger partial charge in [-0.1, -0.05) is 34.1 Å². The monoisotopic (exact) mass is 436 g/mol. The van der Waals surface area contributed by atoms with E-state index in [1.165, 1.54) is 35.6 Å². The Morgan fingerprint density at radius 3 is 2.54 bits per heavy atom. The number of anilines is 1. The van der Waals surface area contributed by atoms with Crippen molar-refractivity contribution in [3.8, 4) is 0 Å². The maximum absolute atomic E-state index is 13.8. The Kier molecular flexibility index (Phi) is 6.13. The molecule has 2 N–H and O–H groups in total. The molecule has 0 radical (unpaired) electrons. The van der Waals surface area contributed by atoms with Crippen LogP contribution in [0.2, 0.25) is 0 Å². The molecule has 0 unspecified atom stereocenters. The van der Waals surface area contributed by atoms with Gasteiger partial charge in [0.1, 0.15) is 11.6 Å². The maximum atomic E-state index is 13.8. The van der Waals surface area contributed by atoms with Crippen LogP contribution >= 0.6 is 27.3 Å². The lowest BCUT2D eigenvalue weighted by Crippen LogP contribution is -2.31. The SMILES string of the molecule is O=C(CN[C@@H](c1ccc(F)cc1)c1cccs1)Nc1ccc(Br)cc1F. The molecule has 3 nitrogen and oxygen atoms in total. The molecule has 1 atom stereocenters. The zero-order valence-electron chi connectivity index (χ0n) is 13.5. The first-order valence-electron chi connectivity index (χ1n) is 7.80. The Labute approximate surface area is 162 Å². The summed E-state index contributed by atoms with van der Waals surface area (Å²) in [5.74, 6) is -1.20. The fourth-order valence-corrected chi connectivity index (χ4v) is 3.63. The number of carbonyl (C=O) groups is 1. The second kappa shape index (κ2) is 8.53. The number of halogens is 3. The average molecular weight is 437 g/mol. The predicted octanol–water partition coefficient (Wildman–Crippen LogP) is 5.11. The molecule has 3 aromatic rings. The first kappa shape index (κ1) is 18.7. The van der Waals surface area contributed by atoms with Gasteiger partial charge in [0.25, 0.3) is 0 Å². The number of amides is 1. The van der Waals surface area contributed by atoms with Gasteiger partial charge in [-0.3, -0.25) is 10.1 Å². The predicted molar refractivity (Wildman–Crippen MR) is 103 cm³/mol. The van der Waals surface area contributed by atoms with Gasteiger partial charge in [-0.2, -0.15) is 0 Å². The van der Waals surface area contributed by atoms with E-state index in [1.807, 2.05) is 17.5 Å². The fraction of sp³-hybridized carbons (Fsp3) is 0.105. The van der Waals surface area contributed by atoms with Crippen molar-refractivity contribution < 1.29 is 13.6 Å². The van der Waals surface area contributed by atoms with Crippen LogP contribution in [0, 0.1) is 11.6 Å². The Balaban J connectivity index is 1.69. The molecule has 0 saturated heterocycles. The fourth-order valence-electron chi connectivity index (χ4n) is 2.47. The van der Waals surface area contributed by atoms with E-state index >= 15 is 0 Å². The summed E-state index contributed by atoms with van der Waals surface area (Å²) < 4.78 is 27.6. The molecule has 0 bridgehead atoms. The van der Waals surface area contributed by atoms with Gasteiger partial charge < -0.3 is 5.32 Å². The van der Waals surface area contributed by atoms with Crippen LogP contribution in [0.3, 0.4) is 0 Å². The van der Waals surface area contributed by atoms with E-state index in [0.717, 1.165) is 10.4 Å². The first-order chi connectivity index (χ1) is 12.5. The highest BCUT2D eigenvalue weighted by atomic mass is 79.9. The molecule has 0 aliphatic heterocycles. The summed E-state index contributed by atoms with van der Waals surface area (Å²) in [7, 11) is 0. The Hall–Kier alpha value is -2.09. The van der Waals surface area contributed by atoms with Crippen molar-refractivity contribution in [1.29, 1.82) is 0 Å². The number of benzene rings is 2. The minimum atomic E-state index is -0.513. The van der Waals surface area contributed by atoms with E-state index in [1.54, 1.807) is 18.2 Å². The molecule has 1 amide bonds. The molecule has 26 heavy (non-hydrogen) atoms. The van der Waals surface area contributed by atoms with Crippen molar-refractivity contribution in [2.24, 2.45) is 0 Å². The van der Waals surface area contributed by atoms with Gasteiger partial charge in [0, 0.05) is 9.35 Å². The maximum Gasteiger partial charge on any atom is 0.238 e. The number of hydrogen-bond donors (Lipinski definition) is 2. The van der Waals surface area contributed by atoms with Gasteiger partial charge in [0.15, 0.2) is 0 Å². The van der Waals surface area contributed by atoms with E-state index in [-0.39, 0.29) is 30.0 Å². The lowest BCUT2D eigenvalue weighted by Gasteiger charge is -2.18. The molecule has 1 heterocycles. The zero-order chi connectivity index (χ0) is 18.5. The zero-order valence-corrected chi connectivity index (χ0v) is 15.9. The lowest BCUT2D eigenvalue weighted by atomic mass is 10.1. The van der Waals surface area contributed by atoms with E-state index in [4.69, 9.17) is 0 Å². The normalized spacial score (nSPS) is 12.0. The van der Waals surface area contributed by atoms with Crippen molar-refractivity contribution in [2.45, 2.75) is 6.04 Å². The van der Waals surface area contributed by atoms with Crippen molar-refractivity contribution in [3.63, 3.8) is 0 Å². The summed E-state index contributed by atoms with van der Waals surface area (Å²) in [5, 5.41) is 7.63. The highest BCUT2D eigenvalue weighted by Crippen LogP contribution is 2.26.